The minimum atomic E-state index is -3.34. The number of nitrogens with zero attached hydrogens (tertiary/aromatic N) is 2. The number of aromatic amines is 1. The zero-order valence-corrected chi connectivity index (χ0v) is 10.7. The van der Waals surface area contributed by atoms with Crippen LogP contribution in [0.3, 0.4) is 0 Å². The highest BCUT2D eigenvalue weighted by Gasteiger charge is 2.41. The topological polar surface area (TPSA) is 66.1 Å². The Kier molecular flexibility index (Phi) is 2.52. The van der Waals surface area contributed by atoms with Crippen LogP contribution < -0.4 is 0 Å². The van der Waals surface area contributed by atoms with Crippen LogP contribution in [0, 0.1) is 12.8 Å². The van der Waals surface area contributed by atoms with Crippen LogP contribution >= 0.6 is 0 Å². The van der Waals surface area contributed by atoms with Gasteiger partial charge < -0.3 is 0 Å². The van der Waals surface area contributed by atoms with Gasteiger partial charge in [0.2, 0.25) is 10.0 Å². The number of hydrogen-bond acceptors (Lipinski definition) is 3. The first-order chi connectivity index (χ1) is 8.09. The van der Waals surface area contributed by atoms with Gasteiger partial charge in [0.1, 0.15) is 4.90 Å². The molecule has 0 spiro atoms. The summed E-state index contributed by atoms with van der Waals surface area (Å²) >= 11 is 0. The maximum absolute atomic E-state index is 12.5. The monoisotopic (exact) mass is 255 g/mol. The number of hydrogen-bond donors (Lipinski definition) is 1. The molecule has 2 fully saturated rings. The van der Waals surface area contributed by atoms with Crippen molar-refractivity contribution in [2.75, 3.05) is 6.54 Å². The summed E-state index contributed by atoms with van der Waals surface area (Å²) in [7, 11) is -3.34. The van der Waals surface area contributed by atoms with Gasteiger partial charge in [-0.05, 0) is 38.5 Å². The van der Waals surface area contributed by atoms with Gasteiger partial charge in [-0.2, -0.15) is 9.40 Å². The second-order valence-corrected chi connectivity index (χ2v) is 6.97. The van der Waals surface area contributed by atoms with Crippen molar-refractivity contribution in [2.45, 2.75) is 43.5 Å². The van der Waals surface area contributed by atoms with Crippen molar-refractivity contribution in [1.29, 1.82) is 0 Å². The first kappa shape index (κ1) is 11.2. The van der Waals surface area contributed by atoms with E-state index in [0.717, 1.165) is 12.8 Å². The van der Waals surface area contributed by atoms with Crippen molar-refractivity contribution in [1.82, 2.24) is 14.5 Å². The number of rotatable bonds is 5. The molecule has 0 saturated heterocycles. The molecule has 0 atom stereocenters. The summed E-state index contributed by atoms with van der Waals surface area (Å²) in [6.45, 7) is 2.44. The second kappa shape index (κ2) is 3.81. The molecule has 6 heteroatoms. The lowest BCUT2D eigenvalue weighted by Crippen LogP contribution is -2.35. The Morgan fingerprint density at radius 2 is 2.12 bits per heavy atom. The minimum absolute atomic E-state index is 0.231. The molecule has 2 aliphatic rings. The maximum atomic E-state index is 12.5. The average Bonchev–Trinajstić information content (AvgIpc) is 3.15. The third-order valence-corrected chi connectivity index (χ3v) is 5.49. The van der Waals surface area contributed by atoms with E-state index in [2.05, 4.69) is 10.2 Å². The first-order valence-corrected chi connectivity index (χ1v) is 7.55. The fourth-order valence-electron chi connectivity index (χ4n) is 2.09. The van der Waals surface area contributed by atoms with Gasteiger partial charge in [0, 0.05) is 12.6 Å². The minimum Gasteiger partial charge on any atom is -0.281 e. The lowest BCUT2D eigenvalue weighted by Gasteiger charge is -2.21. The van der Waals surface area contributed by atoms with E-state index >= 15 is 0 Å². The summed E-state index contributed by atoms with van der Waals surface area (Å²) in [6.07, 6.45) is 5.77. The molecule has 0 bridgehead atoms. The Bertz CT molecular complexity index is 515. The summed E-state index contributed by atoms with van der Waals surface area (Å²) in [6, 6.07) is 0.231. The average molecular weight is 255 g/mol. The summed E-state index contributed by atoms with van der Waals surface area (Å²) in [4.78, 5) is 0.338. The molecular weight excluding hydrogens is 238 g/mol. The van der Waals surface area contributed by atoms with E-state index in [0.29, 0.717) is 23.1 Å². The molecule has 0 amide bonds. The van der Waals surface area contributed by atoms with Crippen molar-refractivity contribution in [2.24, 2.45) is 5.92 Å². The molecule has 0 unspecified atom stereocenters. The van der Waals surface area contributed by atoms with Gasteiger partial charge in [0.05, 0.1) is 11.9 Å². The highest BCUT2D eigenvalue weighted by Crippen LogP contribution is 2.38. The molecule has 5 nitrogen and oxygen atoms in total. The molecule has 0 aliphatic heterocycles. The predicted molar refractivity (Wildman–Crippen MR) is 63.0 cm³/mol. The van der Waals surface area contributed by atoms with Crippen molar-refractivity contribution < 1.29 is 8.42 Å². The Labute approximate surface area is 101 Å². The SMILES string of the molecule is Cc1[nH]ncc1S(=O)(=O)N(CC1CC1)C1CC1. The van der Waals surface area contributed by atoms with Gasteiger partial charge >= 0.3 is 0 Å². The van der Waals surface area contributed by atoms with E-state index in [1.165, 1.54) is 19.0 Å². The largest absolute Gasteiger partial charge is 0.281 e. The Balaban J connectivity index is 1.90. The van der Waals surface area contributed by atoms with E-state index in [-0.39, 0.29) is 6.04 Å². The van der Waals surface area contributed by atoms with E-state index in [1.807, 2.05) is 0 Å². The van der Waals surface area contributed by atoms with Crippen molar-refractivity contribution in [3.05, 3.63) is 11.9 Å². The van der Waals surface area contributed by atoms with Crippen molar-refractivity contribution in [3.63, 3.8) is 0 Å². The zero-order valence-electron chi connectivity index (χ0n) is 9.89. The Morgan fingerprint density at radius 3 is 2.59 bits per heavy atom. The Hall–Kier alpha value is -0.880. The van der Waals surface area contributed by atoms with Gasteiger partial charge in [-0.3, -0.25) is 5.10 Å². The van der Waals surface area contributed by atoms with Gasteiger partial charge in [0.25, 0.3) is 0 Å². The lowest BCUT2D eigenvalue weighted by molar-refractivity contribution is 0.388. The molecule has 0 aromatic carbocycles. The summed E-state index contributed by atoms with van der Waals surface area (Å²) < 4.78 is 26.7. The van der Waals surface area contributed by atoms with Crippen LogP contribution in [0.2, 0.25) is 0 Å². The molecule has 1 N–H and O–H groups in total. The van der Waals surface area contributed by atoms with E-state index in [9.17, 15) is 8.42 Å². The smallest absolute Gasteiger partial charge is 0.246 e. The quantitative estimate of drug-likeness (QED) is 0.862. The van der Waals surface area contributed by atoms with E-state index in [4.69, 9.17) is 0 Å². The van der Waals surface area contributed by atoms with Crippen LogP contribution in [0.25, 0.3) is 0 Å². The molecule has 94 valence electrons. The molecule has 17 heavy (non-hydrogen) atoms. The molecule has 1 heterocycles. The molecule has 2 aliphatic carbocycles. The molecule has 3 rings (SSSR count). The van der Waals surface area contributed by atoms with E-state index in [1.54, 1.807) is 11.2 Å². The number of nitrogens with one attached hydrogen (secondary N) is 1. The molecule has 1 aromatic heterocycles. The number of aromatic nitrogens is 2. The van der Waals surface area contributed by atoms with Crippen LogP contribution in [0.5, 0.6) is 0 Å². The number of sulfonamides is 1. The molecule has 1 aromatic rings. The Morgan fingerprint density at radius 1 is 1.41 bits per heavy atom. The van der Waals surface area contributed by atoms with Crippen LogP contribution in [-0.2, 0) is 10.0 Å². The summed E-state index contributed by atoms with van der Waals surface area (Å²) in [5, 5.41) is 6.52. The standard InChI is InChI=1S/C11H17N3O2S/c1-8-11(6-12-13-8)17(15,16)14(10-4-5-10)7-9-2-3-9/h6,9-10H,2-5,7H2,1H3,(H,12,13). The third-order valence-electron chi connectivity index (χ3n) is 3.46. The normalized spacial score (nSPS) is 21.1. The fourth-order valence-corrected chi connectivity index (χ4v) is 3.97. The highest BCUT2D eigenvalue weighted by atomic mass is 32.2. The number of aryl methyl sites for hydroxylation is 1. The maximum Gasteiger partial charge on any atom is 0.246 e. The van der Waals surface area contributed by atoms with Crippen LogP contribution in [-0.4, -0.2) is 35.5 Å². The van der Waals surface area contributed by atoms with Crippen LogP contribution in [0.4, 0.5) is 0 Å². The molecular formula is C11H17N3O2S. The number of H-pyrrole nitrogens is 1. The lowest BCUT2D eigenvalue weighted by atomic mass is 10.4. The second-order valence-electron chi connectivity index (χ2n) is 5.11. The van der Waals surface area contributed by atoms with Gasteiger partial charge in [-0.25, -0.2) is 8.42 Å². The van der Waals surface area contributed by atoms with Crippen LogP contribution in [0.1, 0.15) is 31.4 Å². The van der Waals surface area contributed by atoms with Crippen molar-refractivity contribution >= 4 is 10.0 Å². The molecule has 2 saturated carbocycles. The first-order valence-electron chi connectivity index (χ1n) is 6.11. The fraction of sp³-hybridized carbons (Fsp3) is 0.727. The summed E-state index contributed by atoms with van der Waals surface area (Å²) in [5.41, 5.74) is 0.631. The van der Waals surface area contributed by atoms with Gasteiger partial charge in [-0.15, -0.1) is 0 Å². The molecule has 0 radical (unpaired) electrons. The van der Waals surface area contributed by atoms with E-state index < -0.39 is 10.0 Å². The highest BCUT2D eigenvalue weighted by molar-refractivity contribution is 7.89. The predicted octanol–water partition coefficient (Wildman–Crippen LogP) is 1.28. The van der Waals surface area contributed by atoms with Crippen LogP contribution in [0.15, 0.2) is 11.1 Å². The van der Waals surface area contributed by atoms with Crippen molar-refractivity contribution in [3.8, 4) is 0 Å². The zero-order chi connectivity index (χ0) is 12.0. The van der Waals surface area contributed by atoms with Gasteiger partial charge in [-0.1, -0.05) is 0 Å². The third kappa shape index (κ3) is 2.11. The summed E-state index contributed by atoms with van der Waals surface area (Å²) in [5.74, 6) is 0.581. The van der Waals surface area contributed by atoms with Gasteiger partial charge in [0.15, 0.2) is 0 Å².